The van der Waals surface area contributed by atoms with Crippen LogP contribution in [0.15, 0.2) is 21.1 Å². The quantitative estimate of drug-likeness (QED) is 0.882. The highest BCUT2D eigenvalue weighted by atomic mass is 16.5. The van der Waals surface area contributed by atoms with Crippen LogP contribution in [0.4, 0.5) is 0 Å². The number of hydrogen-bond donors (Lipinski definition) is 1. The van der Waals surface area contributed by atoms with Crippen molar-refractivity contribution in [3.63, 3.8) is 0 Å². The average Bonchev–Trinajstić information content (AvgIpc) is 2.93. The normalized spacial score (nSPS) is 12.9. The molecule has 2 aromatic heterocycles. The number of nitrogens with zero attached hydrogens (tertiary/aromatic N) is 1. The first-order valence-corrected chi connectivity index (χ1v) is 6.35. The lowest BCUT2D eigenvalue weighted by atomic mass is 10.1. The summed E-state index contributed by atoms with van der Waals surface area (Å²) in [4.78, 5) is 0. The summed E-state index contributed by atoms with van der Waals surface area (Å²) in [6, 6.07) is 4.25. The molecule has 1 unspecified atom stereocenters. The van der Waals surface area contributed by atoms with Crippen molar-refractivity contribution in [1.29, 1.82) is 0 Å². The molecule has 0 bridgehead atoms. The zero-order valence-corrected chi connectivity index (χ0v) is 11.4. The molecule has 0 aliphatic carbocycles. The topological polar surface area (TPSA) is 51.2 Å². The van der Waals surface area contributed by atoms with Gasteiger partial charge in [-0.1, -0.05) is 12.1 Å². The van der Waals surface area contributed by atoms with Crippen molar-refractivity contribution in [3.8, 4) is 0 Å². The van der Waals surface area contributed by atoms with Gasteiger partial charge in [0.2, 0.25) is 0 Å². The van der Waals surface area contributed by atoms with E-state index in [4.69, 9.17) is 8.94 Å². The minimum Gasteiger partial charge on any atom is -0.465 e. The maximum atomic E-state index is 5.66. The summed E-state index contributed by atoms with van der Waals surface area (Å²) < 4.78 is 10.8. The lowest BCUT2D eigenvalue weighted by Crippen LogP contribution is -2.18. The second-order valence-corrected chi connectivity index (χ2v) is 4.56. The van der Waals surface area contributed by atoms with Crippen molar-refractivity contribution < 1.29 is 8.94 Å². The Morgan fingerprint density at radius 3 is 2.56 bits per heavy atom. The maximum Gasteiger partial charge on any atom is 0.138 e. The van der Waals surface area contributed by atoms with E-state index in [2.05, 4.69) is 24.3 Å². The Bertz CT molecular complexity index is 494. The van der Waals surface area contributed by atoms with Gasteiger partial charge in [-0.05, 0) is 32.9 Å². The van der Waals surface area contributed by atoms with E-state index in [0.29, 0.717) is 6.54 Å². The number of rotatable bonds is 5. The van der Waals surface area contributed by atoms with Crippen LogP contribution >= 0.6 is 0 Å². The fourth-order valence-electron chi connectivity index (χ4n) is 2.17. The van der Waals surface area contributed by atoms with Crippen LogP contribution < -0.4 is 5.32 Å². The Kier molecular flexibility index (Phi) is 3.87. The zero-order valence-electron chi connectivity index (χ0n) is 11.4. The Morgan fingerprint density at radius 2 is 2.00 bits per heavy atom. The summed E-state index contributed by atoms with van der Waals surface area (Å²) in [7, 11) is 0. The van der Waals surface area contributed by atoms with E-state index < -0.39 is 0 Å². The minimum absolute atomic E-state index is 0.200. The third-order valence-electron chi connectivity index (χ3n) is 3.17. The van der Waals surface area contributed by atoms with Crippen LogP contribution in [0.2, 0.25) is 0 Å². The van der Waals surface area contributed by atoms with Gasteiger partial charge in [-0.3, -0.25) is 0 Å². The minimum atomic E-state index is 0.200. The molecule has 0 amide bonds. The second-order valence-electron chi connectivity index (χ2n) is 4.56. The molecule has 0 radical (unpaired) electrons. The molecule has 0 saturated carbocycles. The Morgan fingerprint density at radius 1 is 1.28 bits per heavy atom. The summed E-state index contributed by atoms with van der Waals surface area (Å²) in [5.74, 6) is 2.86. The standard InChI is InChI=1S/C14H20N2O2/c1-5-12-6-7-13(17-12)8-15-9(2)14-10(3)16-18-11(14)4/h6-7,9,15H,5,8H2,1-4H3. The first-order chi connectivity index (χ1) is 8.61. The van der Waals surface area contributed by atoms with Gasteiger partial charge in [-0.25, -0.2) is 0 Å². The van der Waals surface area contributed by atoms with Crippen LogP contribution in [-0.4, -0.2) is 5.16 Å². The molecule has 1 atom stereocenters. The van der Waals surface area contributed by atoms with Crippen LogP contribution in [0.25, 0.3) is 0 Å². The summed E-state index contributed by atoms with van der Waals surface area (Å²) in [5.41, 5.74) is 2.08. The monoisotopic (exact) mass is 248 g/mol. The molecule has 0 aliphatic heterocycles. The highest BCUT2D eigenvalue weighted by molar-refractivity contribution is 5.24. The summed E-state index contributed by atoms with van der Waals surface area (Å²) in [6.45, 7) is 8.81. The van der Waals surface area contributed by atoms with Crippen LogP contribution in [0.1, 0.15) is 48.4 Å². The zero-order chi connectivity index (χ0) is 13.1. The van der Waals surface area contributed by atoms with E-state index in [-0.39, 0.29) is 6.04 Å². The molecular weight excluding hydrogens is 228 g/mol. The van der Waals surface area contributed by atoms with Crippen LogP contribution in [0.5, 0.6) is 0 Å². The lowest BCUT2D eigenvalue weighted by Gasteiger charge is -2.12. The molecule has 2 heterocycles. The molecule has 0 saturated heterocycles. The molecule has 0 fully saturated rings. The first-order valence-electron chi connectivity index (χ1n) is 6.35. The molecule has 0 aliphatic rings. The van der Waals surface area contributed by atoms with E-state index in [1.165, 1.54) is 0 Å². The molecule has 1 N–H and O–H groups in total. The highest BCUT2D eigenvalue weighted by Crippen LogP contribution is 2.21. The van der Waals surface area contributed by atoms with E-state index >= 15 is 0 Å². The van der Waals surface area contributed by atoms with Gasteiger partial charge in [-0.15, -0.1) is 0 Å². The van der Waals surface area contributed by atoms with Gasteiger partial charge in [-0.2, -0.15) is 0 Å². The van der Waals surface area contributed by atoms with Gasteiger partial charge in [0.25, 0.3) is 0 Å². The number of hydrogen-bond acceptors (Lipinski definition) is 4. The van der Waals surface area contributed by atoms with Crippen molar-refractivity contribution in [3.05, 3.63) is 40.7 Å². The van der Waals surface area contributed by atoms with Gasteiger partial charge in [0.05, 0.1) is 12.2 Å². The van der Waals surface area contributed by atoms with Crippen molar-refractivity contribution in [2.75, 3.05) is 0 Å². The molecule has 18 heavy (non-hydrogen) atoms. The molecule has 0 aromatic carbocycles. The maximum absolute atomic E-state index is 5.66. The second kappa shape index (κ2) is 5.40. The van der Waals surface area contributed by atoms with E-state index in [9.17, 15) is 0 Å². The van der Waals surface area contributed by atoms with Crippen LogP contribution in [0.3, 0.4) is 0 Å². The Labute approximate surface area is 107 Å². The molecular formula is C14H20N2O2. The van der Waals surface area contributed by atoms with E-state index in [0.717, 1.165) is 35.0 Å². The van der Waals surface area contributed by atoms with Gasteiger partial charge >= 0.3 is 0 Å². The van der Waals surface area contributed by atoms with Crippen molar-refractivity contribution in [2.45, 2.75) is 46.7 Å². The number of nitrogens with one attached hydrogen (secondary N) is 1. The van der Waals surface area contributed by atoms with Gasteiger partial charge in [0, 0.05) is 18.0 Å². The van der Waals surface area contributed by atoms with Crippen LogP contribution in [0, 0.1) is 13.8 Å². The molecule has 0 spiro atoms. The molecule has 4 heteroatoms. The molecule has 2 aromatic rings. The predicted molar refractivity (Wildman–Crippen MR) is 69.3 cm³/mol. The largest absolute Gasteiger partial charge is 0.465 e. The first kappa shape index (κ1) is 12.9. The highest BCUT2D eigenvalue weighted by Gasteiger charge is 2.16. The van der Waals surface area contributed by atoms with Crippen molar-refractivity contribution >= 4 is 0 Å². The number of aromatic nitrogens is 1. The lowest BCUT2D eigenvalue weighted by molar-refractivity contribution is 0.389. The van der Waals surface area contributed by atoms with Crippen molar-refractivity contribution in [1.82, 2.24) is 10.5 Å². The van der Waals surface area contributed by atoms with Crippen molar-refractivity contribution in [2.24, 2.45) is 0 Å². The summed E-state index contributed by atoms with van der Waals surface area (Å²) in [6.07, 6.45) is 0.930. The summed E-state index contributed by atoms with van der Waals surface area (Å²) >= 11 is 0. The SMILES string of the molecule is CCc1ccc(CNC(C)c2c(C)noc2C)o1. The fraction of sp³-hybridized carbons (Fsp3) is 0.500. The summed E-state index contributed by atoms with van der Waals surface area (Å²) in [5, 5.41) is 7.40. The number of aryl methyl sites for hydroxylation is 3. The van der Waals surface area contributed by atoms with Gasteiger partial charge in [0.15, 0.2) is 0 Å². The van der Waals surface area contributed by atoms with Crippen LogP contribution in [-0.2, 0) is 13.0 Å². The fourth-order valence-corrected chi connectivity index (χ4v) is 2.17. The van der Waals surface area contributed by atoms with Gasteiger partial charge in [0.1, 0.15) is 17.3 Å². The smallest absolute Gasteiger partial charge is 0.138 e. The average molecular weight is 248 g/mol. The van der Waals surface area contributed by atoms with E-state index in [1.54, 1.807) is 0 Å². The Balaban J connectivity index is 1.98. The van der Waals surface area contributed by atoms with Gasteiger partial charge < -0.3 is 14.3 Å². The third kappa shape index (κ3) is 2.64. The molecule has 98 valence electrons. The van der Waals surface area contributed by atoms with E-state index in [1.807, 2.05) is 26.0 Å². The number of furan rings is 1. The third-order valence-corrected chi connectivity index (χ3v) is 3.17. The Hall–Kier alpha value is -1.55. The molecule has 4 nitrogen and oxygen atoms in total. The predicted octanol–water partition coefficient (Wildman–Crippen LogP) is 3.30. The molecule has 2 rings (SSSR count).